The molecule has 20 heavy (non-hydrogen) atoms. The summed E-state index contributed by atoms with van der Waals surface area (Å²) in [5.74, 6) is 0. The molecule has 1 aromatic carbocycles. The van der Waals surface area contributed by atoms with E-state index in [0.717, 1.165) is 16.8 Å². The fourth-order valence-electron chi connectivity index (χ4n) is 1.72. The Kier molecular flexibility index (Phi) is 4.79. The van der Waals surface area contributed by atoms with Gasteiger partial charge in [0.25, 0.3) is 0 Å². The fourth-order valence-corrected chi connectivity index (χ4v) is 1.88. The molecule has 4 nitrogen and oxygen atoms in total. The maximum Gasteiger partial charge on any atom is 0.191 e. The largest absolute Gasteiger partial charge is 0.331 e. The van der Waals surface area contributed by atoms with Crippen LogP contribution in [0.1, 0.15) is 16.7 Å². The van der Waals surface area contributed by atoms with Crippen molar-refractivity contribution in [1.82, 2.24) is 10.4 Å². The Balaban J connectivity index is 1.91. The number of pyridine rings is 1. The lowest BCUT2D eigenvalue weighted by Gasteiger charge is -2.10. The van der Waals surface area contributed by atoms with Gasteiger partial charge in [0.2, 0.25) is 0 Å². The second-order valence-corrected chi connectivity index (χ2v) is 4.84. The molecule has 1 heterocycles. The van der Waals surface area contributed by atoms with E-state index in [0.29, 0.717) is 5.11 Å². The van der Waals surface area contributed by atoms with Crippen molar-refractivity contribution in [3.8, 4) is 0 Å². The lowest BCUT2D eigenvalue weighted by molar-refractivity contribution is 1.05. The van der Waals surface area contributed by atoms with Gasteiger partial charge in [0.15, 0.2) is 5.11 Å². The predicted molar refractivity (Wildman–Crippen MR) is 87.1 cm³/mol. The molecule has 102 valence electrons. The SMILES string of the molecule is Cc1ccc(NC(=S)N/N=C/c2cccnc2)c(C)c1. The first-order valence-electron chi connectivity index (χ1n) is 6.22. The van der Waals surface area contributed by atoms with Gasteiger partial charge in [-0.1, -0.05) is 23.8 Å². The van der Waals surface area contributed by atoms with Crippen molar-refractivity contribution in [2.24, 2.45) is 5.10 Å². The van der Waals surface area contributed by atoms with E-state index in [4.69, 9.17) is 12.2 Å². The monoisotopic (exact) mass is 284 g/mol. The predicted octanol–water partition coefficient (Wildman–Crippen LogP) is 3.02. The summed E-state index contributed by atoms with van der Waals surface area (Å²) in [5.41, 5.74) is 7.04. The number of hydrogen-bond acceptors (Lipinski definition) is 3. The van der Waals surface area contributed by atoms with Gasteiger partial charge in [-0.3, -0.25) is 10.4 Å². The van der Waals surface area contributed by atoms with Crippen LogP contribution in [-0.4, -0.2) is 16.3 Å². The molecule has 0 atom stereocenters. The standard InChI is InChI=1S/C15H16N4S/c1-11-5-6-14(12(2)8-11)18-15(20)19-17-10-13-4-3-7-16-9-13/h3-10H,1-2H3,(H2,18,19,20)/b17-10+. The molecule has 0 unspecified atom stereocenters. The number of nitrogens with zero attached hydrogens (tertiary/aromatic N) is 2. The minimum Gasteiger partial charge on any atom is -0.331 e. The molecule has 0 aliphatic carbocycles. The first-order chi connectivity index (χ1) is 9.65. The Bertz CT molecular complexity index is 623. The zero-order valence-electron chi connectivity index (χ0n) is 11.4. The summed E-state index contributed by atoms with van der Waals surface area (Å²) in [6.07, 6.45) is 5.12. The second kappa shape index (κ2) is 6.77. The lowest BCUT2D eigenvalue weighted by Crippen LogP contribution is -2.24. The molecule has 2 N–H and O–H groups in total. The van der Waals surface area contributed by atoms with Crippen LogP contribution in [0.3, 0.4) is 0 Å². The van der Waals surface area contributed by atoms with E-state index in [2.05, 4.69) is 33.8 Å². The first-order valence-corrected chi connectivity index (χ1v) is 6.63. The van der Waals surface area contributed by atoms with E-state index in [9.17, 15) is 0 Å². The number of rotatable bonds is 3. The third-order valence-corrected chi connectivity index (χ3v) is 2.89. The number of aryl methyl sites for hydroxylation is 2. The average Bonchev–Trinajstić information content (AvgIpc) is 2.43. The highest BCUT2D eigenvalue weighted by Gasteiger charge is 2.00. The Morgan fingerprint density at radius 2 is 2.15 bits per heavy atom. The summed E-state index contributed by atoms with van der Waals surface area (Å²) in [6.45, 7) is 4.10. The first kappa shape index (κ1) is 14.1. The van der Waals surface area contributed by atoms with Gasteiger partial charge in [0.1, 0.15) is 0 Å². The maximum absolute atomic E-state index is 5.19. The molecular weight excluding hydrogens is 268 g/mol. The van der Waals surface area contributed by atoms with Crippen LogP contribution in [0.5, 0.6) is 0 Å². The van der Waals surface area contributed by atoms with Crippen LogP contribution in [-0.2, 0) is 0 Å². The highest BCUT2D eigenvalue weighted by Crippen LogP contribution is 2.15. The quantitative estimate of drug-likeness (QED) is 0.517. The normalized spacial score (nSPS) is 10.5. The molecule has 0 aliphatic heterocycles. The zero-order chi connectivity index (χ0) is 14.4. The minimum absolute atomic E-state index is 0.456. The smallest absolute Gasteiger partial charge is 0.191 e. The van der Waals surface area contributed by atoms with Crippen molar-refractivity contribution in [3.05, 3.63) is 59.4 Å². The van der Waals surface area contributed by atoms with E-state index < -0.39 is 0 Å². The summed E-state index contributed by atoms with van der Waals surface area (Å²) in [5, 5.41) is 7.64. The van der Waals surface area contributed by atoms with Crippen LogP contribution in [0, 0.1) is 13.8 Å². The number of benzene rings is 1. The van der Waals surface area contributed by atoms with Gasteiger partial charge in [-0.25, -0.2) is 0 Å². The number of anilines is 1. The lowest BCUT2D eigenvalue weighted by atomic mass is 10.1. The van der Waals surface area contributed by atoms with Crippen molar-refractivity contribution in [1.29, 1.82) is 0 Å². The van der Waals surface area contributed by atoms with Crippen LogP contribution in [0.25, 0.3) is 0 Å². The number of nitrogens with one attached hydrogen (secondary N) is 2. The Morgan fingerprint density at radius 1 is 1.30 bits per heavy atom. The van der Waals surface area contributed by atoms with Crippen LogP contribution < -0.4 is 10.7 Å². The van der Waals surface area contributed by atoms with E-state index in [1.54, 1.807) is 18.6 Å². The third kappa shape index (κ3) is 4.13. The molecule has 0 amide bonds. The molecule has 2 rings (SSSR count). The van der Waals surface area contributed by atoms with Gasteiger partial charge in [0.05, 0.1) is 6.21 Å². The van der Waals surface area contributed by atoms with Crippen molar-refractivity contribution in [3.63, 3.8) is 0 Å². The Morgan fingerprint density at radius 3 is 2.85 bits per heavy atom. The van der Waals surface area contributed by atoms with Crippen LogP contribution in [0.15, 0.2) is 47.8 Å². The summed E-state index contributed by atoms with van der Waals surface area (Å²) in [6, 6.07) is 9.91. The van der Waals surface area contributed by atoms with Gasteiger partial charge in [0, 0.05) is 23.6 Å². The molecule has 0 saturated heterocycles. The average molecular weight is 284 g/mol. The molecular formula is C15H16N4S. The number of hydrogen-bond donors (Lipinski definition) is 2. The summed E-state index contributed by atoms with van der Waals surface area (Å²) >= 11 is 5.19. The summed E-state index contributed by atoms with van der Waals surface area (Å²) in [7, 11) is 0. The highest BCUT2D eigenvalue weighted by molar-refractivity contribution is 7.80. The second-order valence-electron chi connectivity index (χ2n) is 4.43. The molecule has 0 radical (unpaired) electrons. The molecule has 0 aliphatic rings. The van der Waals surface area contributed by atoms with Gasteiger partial charge >= 0.3 is 0 Å². The fraction of sp³-hybridized carbons (Fsp3) is 0.133. The van der Waals surface area contributed by atoms with Gasteiger partial charge < -0.3 is 5.32 Å². The highest BCUT2D eigenvalue weighted by atomic mass is 32.1. The molecule has 5 heteroatoms. The zero-order valence-corrected chi connectivity index (χ0v) is 12.2. The van der Waals surface area contributed by atoms with Gasteiger partial charge in [-0.2, -0.15) is 5.10 Å². The van der Waals surface area contributed by atoms with Crippen LogP contribution >= 0.6 is 12.2 Å². The van der Waals surface area contributed by atoms with Crippen molar-refractivity contribution >= 4 is 29.2 Å². The molecule has 1 aromatic heterocycles. The van der Waals surface area contributed by atoms with Crippen molar-refractivity contribution < 1.29 is 0 Å². The van der Waals surface area contributed by atoms with Gasteiger partial charge in [-0.05, 0) is 43.8 Å². The topological polar surface area (TPSA) is 49.3 Å². The molecule has 0 bridgehead atoms. The maximum atomic E-state index is 5.19. The summed E-state index contributed by atoms with van der Waals surface area (Å²) < 4.78 is 0. The molecule has 2 aromatic rings. The van der Waals surface area contributed by atoms with Crippen LogP contribution in [0.4, 0.5) is 5.69 Å². The van der Waals surface area contributed by atoms with E-state index >= 15 is 0 Å². The van der Waals surface area contributed by atoms with Gasteiger partial charge in [-0.15, -0.1) is 0 Å². The number of thiocarbonyl (C=S) groups is 1. The van der Waals surface area contributed by atoms with E-state index in [-0.39, 0.29) is 0 Å². The van der Waals surface area contributed by atoms with E-state index in [1.165, 1.54) is 5.56 Å². The number of aromatic nitrogens is 1. The summed E-state index contributed by atoms with van der Waals surface area (Å²) in [4.78, 5) is 4.00. The molecule has 0 spiro atoms. The minimum atomic E-state index is 0.456. The van der Waals surface area contributed by atoms with Crippen molar-refractivity contribution in [2.75, 3.05) is 5.32 Å². The third-order valence-electron chi connectivity index (χ3n) is 2.69. The van der Waals surface area contributed by atoms with Crippen LogP contribution in [0.2, 0.25) is 0 Å². The molecule has 0 saturated carbocycles. The molecule has 0 fully saturated rings. The Labute approximate surface area is 123 Å². The number of hydrazone groups is 1. The Hall–Kier alpha value is -2.27. The van der Waals surface area contributed by atoms with Crippen molar-refractivity contribution in [2.45, 2.75) is 13.8 Å². The van der Waals surface area contributed by atoms with E-state index in [1.807, 2.05) is 31.2 Å².